The zero-order chi connectivity index (χ0) is 14.6. The summed E-state index contributed by atoms with van der Waals surface area (Å²) in [5.41, 5.74) is 6.65. The van der Waals surface area contributed by atoms with Crippen molar-refractivity contribution < 1.29 is 8.42 Å². The molecule has 1 aromatic carbocycles. The van der Waals surface area contributed by atoms with Crippen LogP contribution in [0.3, 0.4) is 0 Å². The molecule has 0 unspecified atom stereocenters. The molecule has 0 amide bonds. The quantitative estimate of drug-likeness (QED) is 0.860. The Morgan fingerprint density at radius 3 is 2.20 bits per heavy atom. The third kappa shape index (κ3) is 3.50. The molecule has 0 bridgehead atoms. The summed E-state index contributed by atoms with van der Waals surface area (Å²) >= 11 is 0. The lowest BCUT2D eigenvalue weighted by Crippen LogP contribution is -2.47. The summed E-state index contributed by atoms with van der Waals surface area (Å²) in [7, 11) is -3.10. The SMILES string of the molecule is CCS(=O)(=O)c1ccc(N2CCN(CCN)CC2)cc1. The van der Waals surface area contributed by atoms with Gasteiger partial charge in [-0.15, -0.1) is 0 Å². The topological polar surface area (TPSA) is 66.6 Å². The molecule has 0 aliphatic carbocycles. The monoisotopic (exact) mass is 297 g/mol. The first kappa shape index (κ1) is 15.3. The van der Waals surface area contributed by atoms with Crippen LogP contribution in [0.25, 0.3) is 0 Å². The predicted molar refractivity (Wildman–Crippen MR) is 81.9 cm³/mol. The minimum absolute atomic E-state index is 0.143. The van der Waals surface area contributed by atoms with Gasteiger partial charge in [-0.2, -0.15) is 0 Å². The third-order valence-corrected chi connectivity index (χ3v) is 5.51. The number of hydrogen-bond donors (Lipinski definition) is 1. The van der Waals surface area contributed by atoms with Crippen LogP contribution in [0.4, 0.5) is 5.69 Å². The van der Waals surface area contributed by atoms with E-state index in [4.69, 9.17) is 5.73 Å². The van der Waals surface area contributed by atoms with Crippen LogP contribution in [0.5, 0.6) is 0 Å². The van der Waals surface area contributed by atoms with E-state index in [1.807, 2.05) is 12.1 Å². The smallest absolute Gasteiger partial charge is 0.178 e. The molecule has 1 aliphatic rings. The van der Waals surface area contributed by atoms with Gasteiger partial charge in [0.2, 0.25) is 0 Å². The number of hydrogen-bond acceptors (Lipinski definition) is 5. The number of sulfone groups is 1. The van der Waals surface area contributed by atoms with E-state index in [1.165, 1.54) is 0 Å². The standard InChI is InChI=1S/C14H23N3O2S/c1-2-20(18,19)14-5-3-13(4-6-14)17-11-9-16(8-7-15)10-12-17/h3-6H,2,7-12,15H2,1H3. The van der Waals surface area contributed by atoms with Crippen molar-refractivity contribution in [3.8, 4) is 0 Å². The largest absolute Gasteiger partial charge is 0.369 e. The molecule has 0 saturated carbocycles. The van der Waals surface area contributed by atoms with E-state index in [2.05, 4.69) is 9.80 Å². The average molecular weight is 297 g/mol. The van der Waals surface area contributed by atoms with Crippen molar-refractivity contribution in [2.45, 2.75) is 11.8 Å². The van der Waals surface area contributed by atoms with Gasteiger partial charge in [0.15, 0.2) is 9.84 Å². The molecule has 0 spiro atoms. The van der Waals surface area contributed by atoms with E-state index in [0.29, 0.717) is 11.4 Å². The Bertz CT molecular complexity index is 520. The highest BCUT2D eigenvalue weighted by molar-refractivity contribution is 7.91. The van der Waals surface area contributed by atoms with Crippen molar-refractivity contribution in [1.29, 1.82) is 0 Å². The lowest BCUT2D eigenvalue weighted by atomic mass is 10.2. The second-order valence-corrected chi connectivity index (χ2v) is 7.29. The third-order valence-electron chi connectivity index (χ3n) is 3.76. The second-order valence-electron chi connectivity index (χ2n) is 5.01. The molecule has 1 aliphatic heterocycles. The second kappa shape index (κ2) is 6.56. The minimum Gasteiger partial charge on any atom is -0.369 e. The summed E-state index contributed by atoms with van der Waals surface area (Å²) in [6.45, 7) is 7.24. The van der Waals surface area contributed by atoms with E-state index in [0.717, 1.165) is 38.4 Å². The van der Waals surface area contributed by atoms with Crippen LogP contribution in [-0.2, 0) is 9.84 Å². The fourth-order valence-corrected chi connectivity index (χ4v) is 3.33. The number of nitrogens with two attached hydrogens (primary N) is 1. The van der Waals surface area contributed by atoms with Crippen molar-refractivity contribution in [2.75, 3.05) is 49.9 Å². The van der Waals surface area contributed by atoms with Gasteiger partial charge in [-0.25, -0.2) is 8.42 Å². The lowest BCUT2D eigenvalue weighted by Gasteiger charge is -2.35. The summed E-state index contributed by atoms with van der Waals surface area (Å²) in [6, 6.07) is 7.23. The molecule has 112 valence electrons. The van der Waals surface area contributed by atoms with Gasteiger partial charge in [0, 0.05) is 45.0 Å². The van der Waals surface area contributed by atoms with E-state index in [-0.39, 0.29) is 5.75 Å². The van der Waals surface area contributed by atoms with Crippen LogP contribution >= 0.6 is 0 Å². The van der Waals surface area contributed by atoms with Gasteiger partial charge in [-0.1, -0.05) is 6.92 Å². The highest BCUT2D eigenvalue weighted by Gasteiger charge is 2.17. The molecule has 0 aromatic heterocycles. The van der Waals surface area contributed by atoms with Gasteiger partial charge in [-0.05, 0) is 24.3 Å². The fraction of sp³-hybridized carbons (Fsp3) is 0.571. The first-order valence-electron chi connectivity index (χ1n) is 7.07. The Morgan fingerprint density at radius 2 is 1.70 bits per heavy atom. The van der Waals surface area contributed by atoms with Gasteiger partial charge in [0.05, 0.1) is 10.6 Å². The lowest BCUT2D eigenvalue weighted by molar-refractivity contribution is 0.265. The maximum atomic E-state index is 11.8. The Hall–Kier alpha value is -1.11. The minimum atomic E-state index is -3.10. The molecular weight excluding hydrogens is 274 g/mol. The van der Waals surface area contributed by atoms with Crippen molar-refractivity contribution in [1.82, 2.24) is 4.90 Å². The predicted octanol–water partition coefficient (Wildman–Crippen LogP) is 0.561. The summed E-state index contributed by atoms with van der Waals surface area (Å²) < 4.78 is 23.5. The zero-order valence-electron chi connectivity index (χ0n) is 12.0. The van der Waals surface area contributed by atoms with Crippen molar-refractivity contribution >= 4 is 15.5 Å². The van der Waals surface area contributed by atoms with E-state index in [9.17, 15) is 8.42 Å². The van der Waals surface area contributed by atoms with Crippen LogP contribution < -0.4 is 10.6 Å². The molecule has 0 atom stereocenters. The summed E-state index contributed by atoms with van der Waals surface area (Å²) in [5.74, 6) is 0.143. The zero-order valence-corrected chi connectivity index (χ0v) is 12.8. The molecule has 2 rings (SSSR count). The summed E-state index contributed by atoms with van der Waals surface area (Å²) in [4.78, 5) is 5.05. The molecule has 20 heavy (non-hydrogen) atoms. The van der Waals surface area contributed by atoms with Crippen molar-refractivity contribution in [2.24, 2.45) is 5.73 Å². The van der Waals surface area contributed by atoms with E-state index >= 15 is 0 Å². The molecule has 1 aromatic rings. The van der Waals surface area contributed by atoms with Crippen LogP contribution in [-0.4, -0.2) is 58.3 Å². The van der Waals surface area contributed by atoms with E-state index < -0.39 is 9.84 Å². The van der Waals surface area contributed by atoms with Gasteiger partial charge < -0.3 is 10.6 Å². The Balaban J connectivity index is 2.01. The van der Waals surface area contributed by atoms with Crippen LogP contribution in [0, 0.1) is 0 Å². The molecule has 1 fully saturated rings. The first-order chi connectivity index (χ1) is 9.56. The number of piperazine rings is 1. The normalized spacial score (nSPS) is 17.4. The van der Waals surface area contributed by atoms with Crippen LogP contribution in [0.1, 0.15) is 6.92 Å². The summed E-state index contributed by atoms with van der Waals surface area (Å²) in [5, 5.41) is 0. The molecule has 1 saturated heterocycles. The van der Waals surface area contributed by atoms with Crippen LogP contribution in [0.15, 0.2) is 29.2 Å². The van der Waals surface area contributed by atoms with Gasteiger partial charge in [-0.3, -0.25) is 4.90 Å². The average Bonchev–Trinajstić information content (AvgIpc) is 2.48. The molecule has 2 N–H and O–H groups in total. The molecular formula is C14H23N3O2S. The van der Waals surface area contributed by atoms with Crippen molar-refractivity contribution in [3.63, 3.8) is 0 Å². The summed E-state index contributed by atoms with van der Waals surface area (Å²) in [6.07, 6.45) is 0. The molecule has 1 heterocycles. The number of nitrogens with zero attached hydrogens (tertiary/aromatic N) is 2. The number of benzene rings is 1. The highest BCUT2D eigenvalue weighted by atomic mass is 32.2. The van der Waals surface area contributed by atoms with Gasteiger partial charge in [0.25, 0.3) is 0 Å². The molecule has 0 radical (unpaired) electrons. The van der Waals surface area contributed by atoms with Crippen molar-refractivity contribution in [3.05, 3.63) is 24.3 Å². The van der Waals surface area contributed by atoms with Crippen LogP contribution in [0.2, 0.25) is 0 Å². The Morgan fingerprint density at radius 1 is 1.10 bits per heavy atom. The maximum Gasteiger partial charge on any atom is 0.178 e. The Labute approximate surface area is 121 Å². The number of anilines is 1. The fourth-order valence-electron chi connectivity index (χ4n) is 2.44. The maximum absolute atomic E-state index is 11.8. The molecule has 5 nitrogen and oxygen atoms in total. The number of rotatable bonds is 5. The first-order valence-corrected chi connectivity index (χ1v) is 8.72. The van der Waals surface area contributed by atoms with E-state index in [1.54, 1.807) is 19.1 Å². The Kier molecular flexibility index (Phi) is 5.01. The molecule has 6 heteroatoms. The highest BCUT2D eigenvalue weighted by Crippen LogP contribution is 2.20. The van der Waals surface area contributed by atoms with Gasteiger partial charge >= 0.3 is 0 Å². The van der Waals surface area contributed by atoms with Gasteiger partial charge in [0.1, 0.15) is 0 Å².